The van der Waals surface area contributed by atoms with Crippen LogP contribution in [0.15, 0.2) is 65.1 Å². The van der Waals surface area contributed by atoms with Crippen LogP contribution in [0.25, 0.3) is 0 Å². The molecule has 2 amide bonds. The van der Waals surface area contributed by atoms with Crippen molar-refractivity contribution >= 4 is 39.1 Å². The van der Waals surface area contributed by atoms with E-state index in [0.717, 1.165) is 4.47 Å². The van der Waals surface area contributed by atoms with Crippen molar-refractivity contribution in [3.05, 3.63) is 103 Å². The number of anilines is 1. The van der Waals surface area contributed by atoms with Crippen LogP contribution in [-0.2, 0) is 4.79 Å². The largest absolute Gasteiger partial charge is 0.324 e. The molecule has 1 unspecified atom stereocenters. The van der Waals surface area contributed by atoms with Crippen molar-refractivity contribution in [3.63, 3.8) is 0 Å². The van der Waals surface area contributed by atoms with Crippen LogP contribution in [0.1, 0.15) is 33.1 Å². The number of nitrogens with zero attached hydrogens (tertiary/aromatic N) is 2. The predicted molar refractivity (Wildman–Crippen MR) is 120 cm³/mol. The van der Waals surface area contributed by atoms with Gasteiger partial charge in [0.05, 0.1) is 11.0 Å². The first-order valence-electron chi connectivity index (χ1n) is 9.65. The molecule has 1 N–H and O–H groups in total. The summed E-state index contributed by atoms with van der Waals surface area (Å²) in [6.07, 6.45) is 0. The quantitative estimate of drug-likeness (QED) is 0.407. The Bertz CT molecular complexity index is 1250. The van der Waals surface area contributed by atoms with Gasteiger partial charge in [0.25, 0.3) is 11.6 Å². The Morgan fingerprint density at radius 3 is 2.56 bits per heavy atom. The summed E-state index contributed by atoms with van der Waals surface area (Å²) in [5.74, 6) is -1.39. The number of nitro benzene ring substituents is 1. The summed E-state index contributed by atoms with van der Waals surface area (Å²) in [6, 6.07) is 14.4. The molecule has 0 aromatic heterocycles. The van der Waals surface area contributed by atoms with E-state index >= 15 is 0 Å². The van der Waals surface area contributed by atoms with Crippen LogP contribution in [0.5, 0.6) is 0 Å². The summed E-state index contributed by atoms with van der Waals surface area (Å²) >= 11 is 3.43. The van der Waals surface area contributed by atoms with E-state index in [-0.39, 0.29) is 17.8 Å². The Morgan fingerprint density at radius 1 is 1.16 bits per heavy atom. The lowest BCUT2D eigenvalue weighted by molar-refractivity contribution is -0.385. The second kappa shape index (κ2) is 8.51. The first kappa shape index (κ1) is 21.6. The summed E-state index contributed by atoms with van der Waals surface area (Å²) in [4.78, 5) is 38.4. The summed E-state index contributed by atoms with van der Waals surface area (Å²) in [7, 11) is 0. The van der Waals surface area contributed by atoms with Crippen molar-refractivity contribution in [1.29, 1.82) is 0 Å². The van der Waals surface area contributed by atoms with E-state index in [2.05, 4.69) is 21.2 Å². The number of aryl methyl sites for hydroxylation is 1. The van der Waals surface area contributed by atoms with Gasteiger partial charge in [-0.3, -0.25) is 19.7 Å². The first-order chi connectivity index (χ1) is 15.2. The van der Waals surface area contributed by atoms with Gasteiger partial charge in [0.15, 0.2) is 0 Å². The number of benzene rings is 3. The fraction of sp³-hybridized carbons (Fsp3) is 0.130. The average molecular weight is 498 g/mol. The van der Waals surface area contributed by atoms with Gasteiger partial charge in [0, 0.05) is 32.9 Å². The standard InChI is InChI=1S/C23H17BrFN3O4/c1-13-2-3-15(10-20(13)28(31)32)23(30)27-12-21(29)26-19-9-6-16(24)11-18(19)22(27)14-4-7-17(25)8-5-14/h2-11,22H,12H2,1H3,(H,26,29). The molecule has 3 aromatic carbocycles. The summed E-state index contributed by atoms with van der Waals surface area (Å²) in [5, 5.41) is 14.2. The molecule has 162 valence electrons. The molecule has 1 heterocycles. The lowest BCUT2D eigenvalue weighted by atomic mass is 9.95. The number of amides is 2. The Hall–Kier alpha value is -3.59. The van der Waals surface area contributed by atoms with Gasteiger partial charge in [0.2, 0.25) is 5.91 Å². The van der Waals surface area contributed by atoms with Crippen LogP contribution < -0.4 is 5.32 Å². The van der Waals surface area contributed by atoms with Gasteiger partial charge in [-0.15, -0.1) is 0 Å². The molecule has 1 atom stereocenters. The molecule has 1 aliphatic rings. The van der Waals surface area contributed by atoms with Crippen LogP contribution in [0.4, 0.5) is 15.8 Å². The molecule has 9 heteroatoms. The van der Waals surface area contributed by atoms with Crippen molar-refractivity contribution in [2.24, 2.45) is 0 Å². The van der Waals surface area contributed by atoms with Gasteiger partial charge in [-0.25, -0.2) is 4.39 Å². The number of halogens is 2. The minimum atomic E-state index is -0.727. The molecular weight excluding hydrogens is 481 g/mol. The lowest BCUT2D eigenvalue weighted by Crippen LogP contribution is -2.39. The highest BCUT2D eigenvalue weighted by Crippen LogP contribution is 2.38. The number of carbonyl (C=O) groups excluding carboxylic acids is 2. The number of rotatable bonds is 3. The van der Waals surface area contributed by atoms with Gasteiger partial charge < -0.3 is 10.2 Å². The molecule has 0 saturated carbocycles. The maximum Gasteiger partial charge on any atom is 0.273 e. The van der Waals surface area contributed by atoms with Crippen molar-refractivity contribution < 1.29 is 18.9 Å². The van der Waals surface area contributed by atoms with Gasteiger partial charge in [-0.2, -0.15) is 0 Å². The molecular formula is C23H17BrFN3O4. The normalized spacial score (nSPS) is 15.5. The van der Waals surface area contributed by atoms with Crippen LogP contribution in [-0.4, -0.2) is 28.2 Å². The number of fused-ring (bicyclic) bond motifs is 1. The zero-order valence-electron chi connectivity index (χ0n) is 16.8. The van der Waals surface area contributed by atoms with E-state index in [1.807, 2.05) is 0 Å². The van der Waals surface area contributed by atoms with E-state index in [1.165, 1.54) is 35.2 Å². The van der Waals surface area contributed by atoms with E-state index in [1.54, 1.807) is 37.3 Å². The number of hydrogen-bond donors (Lipinski definition) is 1. The number of carbonyl (C=O) groups is 2. The maximum atomic E-state index is 13.6. The molecule has 0 spiro atoms. The molecule has 7 nitrogen and oxygen atoms in total. The van der Waals surface area contributed by atoms with Crippen molar-refractivity contribution in [2.75, 3.05) is 11.9 Å². The molecule has 0 fully saturated rings. The third-order valence-electron chi connectivity index (χ3n) is 5.31. The first-order valence-corrected chi connectivity index (χ1v) is 10.4. The lowest BCUT2D eigenvalue weighted by Gasteiger charge is -2.30. The monoisotopic (exact) mass is 497 g/mol. The molecule has 0 radical (unpaired) electrons. The van der Waals surface area contributed by atoms with Crippen LogP contribution in [0, 0.1) is 22.9 Å². The fourth-order valence-corrected chi connectivity index (χ4v) is 4.15. The van der Waals surface area contributed by atoms with Crippen molar-refractivity contribution in [1.82, 2.24) is 4.90 Å². The van der Waals surface area contributed by atoms with Crippen molar-refractivity contribution in [3.8, 4) is 0 Å². The summed E-state index contributed by atoms with van der Waals surface area (Å²) in [6.45, 7) is 1.30. The van der Waals surface area contributed by atoms with Gasteiger partial charge in [-0.1, -0.05) is 34.1 Å². The Morgan fingerprint density at radius 2 is 1.88 bits per heavy atom. The smallest absolute Gasteiger partial charge is 0.273 e. The van der Waals surface area contributed by atoms with E-state index in [9.17, 15) is 24.1 Å². The van der Waals surface area contributed by atoms with Crippen LogP contribution in [0.2, 0.25) is 0 Å². The van der Waals surface area contributed by atoms with Crippen LogP contribution >= 0.6 is 15.9 Å². The zero-order valence-corrected chi connectivity index (χ0v) is 18.4. The van der Waals surface area contributed by atoms with Crippen LogP contribution in [0.3, 0.4) is 0 Å². The van der Waals surface area contributed by atoms with E-state index in [0.29, 0.717) is 22.4 Å². The Balaban J connectivity index is 1.89. The Labute approximate surface area is 191 Å². The van der Waals surface area contributed by atoms with Crippen molar-refractivity contribution in [2.45, 2.75) is 13.0 Å². The number of hydrogen-bond acceptors (Lipinski definition) is 4. The molecule has 0 aliphatic carbocycles. The minimum Gasteiger partial charge on any atom is -0.324 e. The predicted octanol–water partition coefficient (Wildman–Crippen LogP) is 4.99. The number of nitrogens with one attached hydrogen (secondary N) is 1. The zero-order chi connectivity index (χ0) is 23.0. The van der Waals surface area contributed by atoms with Gasteiger partial charge in [0.1, 0.15) is 12.4 Å². The summed E-state index contributed by atoms with van der Waals surface area (Å²) < 4.78 is 14.4. The molecule has 4 rings (SSSR count). The second-order valence-electron chi connectivity index (χ2n) is 7.43. The van der Waals surface area contributed by atoms with E-state index in [4.69, 9.17) is 0 Å². The molecule has 0 saturated heterocycles. The minimum absolute atomic E-state index is 0.0839. The molecule has 0 bridgehead atoms. The highest BCUT2D eigenvalue weighted by molar-refractivity contribution is 9.10. The molecule has 1 aliphatic heterocycles. The average Bonchev–Trinajstić information content (AvgIpc) is 2.89. The second-order valence-corrected chi connectivity index (χ2v) is 8.34. The fourth-order valence-electron chi connectivity index (χ4n) is 3.78. The SMILES string of the molecule is Cc1ccc(C(=O)N2CC(=O)Nc3ccc(Br)cc3C2c2ccc(F)cc2)cc1[N+](=O)[O-]. The third-order valence-corrected chi connectivity index (χ3v) is 5.80. The molecule has 32 heavy (non-hydrogen) atoms. The third kappa shape index (κ3) is 4.11. The Kier molecular flexibility index (Phi) is 5.75. The van der Waals surface area contributed by atoms with Gasteiger partial charge in [-0.05, 0) is 48.9 Å². The highest BCUT2D eigenvalue weighted by Gasteiger charge is 2.34. The van der Waals surface area contributed by atoms with E-state index < -0.39 is 28.6 Å². The molecule has 3 aromatic rings. The maximum absolute atomic E-state index is 13.6. The summed E-state index contributed by atoms with van der Waals surface area (Å²) in [5.41, 5.74) is 2.07. The highest BCUT2D eigenvalue weighted by atomic mass is 79.9. The van der Waals surface area contributed by atoms with Gasteiger partial charge >= 0.3 is 0 Å². The topological polar surface area (TPSA) is 92.6 Å². The number of nitro groups is 1.